The second-order valence-corrected chi connectivity index (χ2v) is 5.86. The molecule has 0 aliphatic carbocycles. The van der Waals surface area contributed by atoms with Gasteiger partial charge in [0.2, 0.25) is 0 Å². The van der Waals surface area contributed by atoms with E-state index in [1.165, 1.54) is 4.90 Å². The molecule has 1 fully saturated rings. The van der Waals surface area contributed by atoms with Crippen LogP contribution in [0.15, 0.2) is 28.7 Å². The number of piperazine rings is 1. The predicted octanol–water partition coefficient (Wildman–Crippen LogP) is -1.20. The summed E-state index contributed by atoms with van der Waals surface area (Å²) in [4.78, 5) is 14.9. The molecule has 18 heavy (non-hydrogen) atoms. The summed E-state index contributed by atoms with van der Waals surface area (Å²) >= 11 is 3.40. The second-order valence-electron chi connectivity index (χ2n) is 4.94. The standard InChI is InChI=1S/C13H18BrN3O/c1-16-5-7-17(8-6-16)10-13(18)15-12-4-2-3-11(14)9-12/h2-4,9H,5-8,10H2,1H3,(H,15,18)/p+2. The van der Waals surface area contributed by atoms with Gasteiger partial charge in [0.25, 0.3) is 5.91 Å². The van der Waals surface area contributed by atoms with Crippen molar-refractivity contribution in [2.24, 2.45) is 0 Å². The summed E-state index contributed by atoms with van der Waals surface area (Å²) in [6, 6.07) is 7.70. The lowest BCUT2D eigenvalue weighted by molar-refractivity contribution is -0.999. The predicted molar refractivity (Wildman–Crippen MR) is 75.0 cm³/mol. The van der Waals surface area contributed by atoms with Crippen LogP contribution in [0, 0.1) is 0 Å². The van der Waals surface area contributed by atoms with Crippen molar-refractivity contribution in [1.29, 1.82) is 0 Å². The number of carbonyl (C=O) groups excluding carboxylic acids is 1. The normalized spacial score (nSPS) is 23.7. The Balaban J connectivity index is 1.82. The third-order valence-corrected chi connectivity index (χ3v) is 3.82. The fourth-order valence-electron chi connectivity index (χ4n) is 2.21. The molecule has 4 nitrogen and oxygen atoms in total. The molecule has 0 unspecified atom stereocenters. The van der Waals surface area contributed by atoms with Gasteiger partial charge in [-0.25, -0.2) is 0 Å². The molecule has 1 heterocycles. The molecule has 1 aromatic rings. The van der Waals surface area contributed by atoms with Crippen LogP contribution in [0.5, 0.6) is 0 Å². The number of amides is 1. The van der Waals surface area contributed by atoms with E-state index in [2.05, 4.69) is 28.3 Å². The summed E-state index contributed by atoms with van der Waals surface area (Å²) in [7, 11) is 2.21. The first-order valence-corrected chi connectivity index (χ1v) is 7.13. The van der Waals surface area contributed by atoms with E-state index >= 15 is 0 Å². The Labute approximate surface area is 116 Å². The molecule has 0 spiro atoms. The molecular formula is C13H20BrN3O+2. The Hall–Kier alpha value is -0.910. The van der Waals surface area contributed by atoms with Gasteiger partial charge >= 0.3 is 0 Å². The number of hydrogen-bond acceptors (Lipinski definition) is 1. The first-order valence-electron chi connectivity index (χ1n) is 6.34. The molecule has 5 heteroatoms. The number of hydrogen-bond donors (Lipinski definition) is 3. The van der Waals surface area contributed by atoms with Crippen molar-refractivity contribution in [2.75, 3.05) is 45.1 Å². The van der Waals surface area contributed by atoms with Gasteiger partial charge in [0.1, 0.15) is 26.2 Å². The van der Waals surface area contributed by atoms with Crippen LogP contribution in [0.4, 0.5) is 5.69 Å². The van der Waals surface area contributed by atoms with E-state index < -0.39 is 0 Å². The Morgan fingerprint density at radius 3 is 2.72 bits per heavy atom. The molecule has 1 aliphatic heterocycles. The molecule has 0 radical (unpaired) electrons. The maximum atomic E-state index is 11.9. The molecule has 2 rings (SSSR count). The van der Waals surface area contributed by atoms with Crippen LogP contribution in [-0.2, 0) is 4.79 Å². The van der Waals surface area contributed by atoms with Crippen LogP contribution >= 0.6 is 15.9 Å². The van der Waals surface area contributed by atoms with Crippen molar-refractivity contribution in [1.82, 2.24) is 0 Å². The van der Waals surface area contributed by atoms with E-state index in [0.29, 0.717) is 6.54 Å². The SMILES string of the molecule is C[NH+]1CC[NH+](CC(=O)Nc2cccc(Br)c2)CC1. The van der Waals surface area contributed by atoms with Gasteiger partial charge < -0.3 is 15.1 Å². The number of quaternary nitrogens is 2. The van der Waals surface area contributed by atoms with Crippen molar-refractivity contribution in [2.45, 2.75) is 0 Å². The van der Waals surface area contributed by atoms with Crippen molar-refractivity contribution in [3.63, 3.8) is 0 Å². The van der Waals surface area contributed by atoms with Gasteiger partial charge in [0.15, 0.2) is 6.54 Å². The highest BCUT2D eigenvalue weighted by Crippen LogP contribution is 2.15. The van der Waals surface area contributed by atoms with Crippen LogP contribution in [0.25, 0.3) is 0 Å². The van der Waals surface area contributed by atoms with Gasteiger partial charge in [-0.1, -0.05) is 22.0 Å². The molecular weight excluding hydrogens is 294 g/mol. The van der Waals surface area contributed by atoms with Gasteiger partial charge in [0.05, 0.1) is 7.05 Å². The molecule has 0 bridgehead atoms. The molecule has 1 amide bonds. The summed E-state index contributed by atoms with van der Waals surface area (Å²) < 4.78 is 0.982. The van der Waals surface area contributed by atoms with Crippen LogP contribution < -0.4 is 15.1 Å². The average molecular weight is 314 g/mol. The van der Waals surface area contributed by atoms with E-state index in [0.717, 1.165) is 36.3 Å². The quantitative estimate of drug-likeness (QED) is 0.644. The molecule has 3 N–H and O–H groups in total. The molecule has 98 valence electrons. The Morgan fingerprint density at radius 2 is 2.06 bits per heavy atom. The summed E-state index contributed by atoms with van der Waals surface area (Å²) in [5.41, 5.74) is 0.855. The first kappa shape index (κ1) is 13.5. The van der Waals surface area contributed by atoms with Gasteiger partial charge in [-0.2, -0.15) is 0 Å². The van der Waals surface area contributed by atoms with Gasteiger partial charge in [0, 0.05) is 10.2 Å². The third-order valence-electron chi connectivity index (χ3n) is 3.33. The number of rotatable bonds is 3. The highest BCUT2D eigenvalue weighted by atomic mass is 79.9. The van der Waals surface area contributed by atoms with E-state index in [-0.39, 0.29) is 5.91 Å². The number of likely N-dealkylation sites (N-methyl/N-ethyl adjacent to an activating group) is 1. The van der Waals surface area contributed by atoms with Crippen LogP contribution in [-0.4, -0.2) is 45.7 Å². The number of anilines is 1. The van der Waals surface area contributed by atoms with E-state index in [9.17, 15) is 4.79 Å². The molecule has 1 aliphatic rings. The molecule has 0 aromatic heterocycles. The fourth-order valence-corrected chi connectivity index (χ4v) is 2.60. The minimum Gasteiger partial charge on any atom is -0.328 e. The van der Waals surface area contributed by atoms with Crippen molar-refractivity contribution in [3.05, 3.63) is 28.7 Å². The fraction of sp³-hybridized carbons (Fsp3) is 0.462. The van der Waals surface area contributed by atoms with E-state index in [1.54, 1.807) is 4.90 Å². The molecule has 1 saturated heterocycles. The highest BCUT2D eigenvalue weighted by Gasteiger charge is 2.22. The van der Waals surface area contributed by atoms with E-state index in [1.807, 2.05) is 24.3 Å². The van der Waals surface area contributed by atoms with Crippen molar-refractivity contribution in [3.8, 4) is 0 Å². The minimum absolute atomic E-state index is 0.0997. The lowest BCUT2D eigenvalue weighted by Crippen LogP contribution is -3.27. The second kappa shape index (κ2) is 6.31. The number of halogens is 1. The molecule has 0 atom stereocenters. The maximum Gasteiger partial charge on any atom is 0.279 e. The Kier molecular flexibility index (Phi) is 4.74. The summed E-state index contributed by atoms with van der Waals surface area (Å²) in [6.07, 6.45) is 0. The van der Waals surface area contributed by atoms with Crippen molar-refractivity contribution < 1.29 is 14.6 Å². The van der Waals surface area contributed by atoms with Gasteiger partial charge in [-0.05, 0) is 18.2 Å². The van der Waals surface area contributed by atoms with E-state index in [4.69, 9.17) is 0 Å². The zero-order valence-corrected chi connectivity index (χ0v) is 12.2. The lowest BCUT2D eigenvalue weighted by atomic mass is 10.3. The van der Waals surface area contributed by atoms with Crippen LogP contribution in [0.2, 0.25) is 0 Å². The monoisotopic (exact) mass is 313 g/mol. The highest BCUT2D eigenvalue weighted by molar-refractivity contribution is 9.10. The lowest BCUT2D eigenvalue weighted by Gasteiger charge is -2.26. The number of benzene rings is 1. The smallest absolute Gasteiger partial charge is 0.279 e. The summed E-state index contributed by atoms with van der Waals surface area (Å²) in [5.74, 6) is 0.0997. The average Bonchev–Trinajstić information content (AvgIpc) is 2.32. The van der Waals surface area contributed by atoms with Crippen LogP contribution in [0.1, 0.15) is 0 Å². The topological polar surface area (TPSA) is 38.0 Å². The zero-order chi connectivity index (χ0) is 13.0. The third kappa shape index (κ3) is 4.08. The maximum absolute atomic E-state index is 11.9. The van der Waals surface area contributed by atoms with Crippen molar-refractivity contribution >= 4 is 27.5 Å². The largest absolute Gasteiger partial charge is 0.328 e. The summed E-state index contributed by atoms with van der Waals surface area (Å²) in [5, 5.41) is 2.94. The molecule has 0 saturated carbocycles. The number of nitrogens with one attached hydrogen (secondary N) is 3. The minimum atomic E-state index is 0.0997. The first-order chi connectivity index (χ1) is 8.63. The number of carbonyl (C=O) groups is 1. The summed E-state index contributed by atoms with van der Waals surface area (Å²) in [6.45, 7) is 5.04. The molecule has 1 aromatic carbocycles. The van der Waals surface area contributed by atoms with Gasteiger partial charge in [-0.15, -0.1) is 0 Å². The van der Waals surface area contributed by atoms with Crippen LogP contribution in [0.3, 0.4) is 0 Å². The zero-order valence-electron chi connectivity index (χ0n) is 10.6. The Morgan fingerprint density at radius 1 is 1.33 bits per heavy atom. The Bertz CT molecular complexity index is 416. The van der Waals surface area contributed by atoms with Gasteiger partial charge in [-0.3, -0.25) is 4.79 Å².